The molecule has 1 heterocycles. The number of hydrogen-bond donors (Lipinski definition) is 2. The molecule has 0 saturated heterocycles. The van der Waals surface area contributed by atoms with Gasteiger partial charge in [0.15, 0.2) is 0 Å². The molecule has 2 N–H and O–H groups in total. The molecule has 0 bridgehead atoms. The summed E-state index contributed by atoms with van der Waals surface area (Å²) in [6, 6.07) is 0. The van der Waals surface area contributed by atoms with Gasteiger partial charge in [0.2, 0.25) is 0 Å². The van der Waals surface area contributed by atoms with Gasteiger partial charge in [-0.2, -0.15) is 13.1 Å². The Bertz CT molecular complexity index is 570. The van der Waals surface area contributed by atoms with Gasteiger partial charge >= 0.3 is 5.97 Å². The molecule has 0 atom stereocenters. The lowest BCUT2D eigenvalue weighted by Crippen LogP contribution is -2.43. The SMILES string of the molecule is COC(=O)c1scc(C)c1NS(=O)(=O)NC(C)(C)C. The molecule has 8 heteroatoms. The van der Waals surface area contributed by atoms with Crippen LogP contribution in [-0.4, -0.2) is 27.0 Å². The summed E-state index contributed by atoms with van der Waals surface area (Å²) in [6.07, 6.45) is 0. The van der Waals surface area contributed by atoms with Crippen LogP contribution in [0, 0.1) is 6.92 Å². The minimum atomic E-state index is -3.75. The van der Waals surface area contributed by atoms with Crippen molar-refractivity contribution < 1.29 is 17.9 Å². The Hall–Kier alpha value is -1.12. The van der Waals surface area contributed by atoms with Crippen molar-refractivity contribution in [3.8, 4) is 0 Å². The smallest absolute Gasteiger partial charge is 0.350 e. The average Bonchev–Trinajstić information content (AvgIpc) is 2.55. The van der Waals surface area contributed by atoms with E-state index in [1.807, 2.05) is 0 Å². The van der Waals surface area contributed by atoms with E-state index in [0.717, 1.165) is 11.3 Å². The second-order valence-electron chi connectivity index (χ2n) is 5.07. The molecule has 1 rings (SSSR count). The number of carbonyl (C=O) groups excluding carboxylic acids is 1. The molecular formula is C11H18N2O4S2. The van der Waals surface area contributed by atoms with Crippen LogP contribution in [0.3, 0.4) is 0 Å². The Kier molecular flexibility index (Phi) is 4.59. The van der Waals surface area contributed by atoms with Crippen molar-refractivity contribution >= 4 is 33.2 Å². The maximum Gasteiger partial charge on any atom is 0.350 e. The van der Waals surface area contributed by atoms with E-state index in [9.17, 15) is 13.2 Å². The zero-order valence-corrected chi connectivity index (χ0v) is 13.2. The van der Waals surface area contributed by atoms with Crippen molar-refractivity contribution in [2.75, 3.05) is 11.8 Å². The maximum absolute atomic E-state index is 12.0. The highest BCUT2D eigenvalue weighted by Gasteiger charge is 2.24. The highest BCUT2D eigenvalue weighted by Crippen LogP contribution is 2.29. The van der Waals surface area contributed by atoms with Gasteiger partial charge in [-0.3, -0.25) is 4.72 Å². The molecule has 108 valence electrons. The monoisotopic (exact) mass is 306 g/mol. The molecule has 1 aromatic heterocycles. The van der Waals surface area contributed by atoms with Gasteiger partial charge in [-0.15, -0.1) is 11.3 Å². The van der Waals surface area contributed by atoms with Crippen molar-refractivity contribution in [1.82, 2.24) is 4.72 Å². The molecule has 0 aromatic carbocycles. The van der Waals surface area contributed by atoms with Crippen LogP contribution in [0.5, 0.6) is 0 Å². The number of carbonyl (C=O) groups is 1. The van der Waals surface area contributed by atoms with E-state index < -0.39 is 21.7 Å². The predicted octanol–water partition coefficient (Wildman–Crippen LogP) is 1.89. The first kappa shape index (κ1) is 15.9. The van der Waals surface area contributed by atoms with Gasteiger partial charge in [0, 0.05) is 5.54 Å². The normalized spacial score (nSPS) is 12.3. The van der Waals surface area contributed by atoms with Crippen LogP contribution in [0.2, 0.25) is 0 Å². The van der Waals surface area contributed by atoms with Gasteiger partial charge < -0.3 is 4.74 Å². The van der Waals surface area contributed by atoms with Crippen LogP contribution in [0.25, 0.3) is 0 Å². The number of methoxy groups -OCH3 is 1. The molecule has 0 amide bonds. The lowest BCUT2D eigenvalue weighted by atomic mass is 10.1. The van der Waals surface area contributed by atoms with Crippen LogP contribution >= 0.6 is 11.3 Å². The van der Waals surface area contributed by atoms with Crippen LogP contribution in [0.1, 0.15) is 36.0 Å². The third-order valence-corrected chi connectivity index (χ3v) is 4.45. The summed E-state index contributed by atoms with van der Waals surface area (Å²) in [4.78, 5) is 11.8. The first-order chi connectivity index (χ1) is 8.56. The third kappa shape index (κ3) is 4.48. The fourth-order valence-electron chi connectivity index (χ4n) is 1.38. The molecule has 0 aliphatic carbocycles. The van der Waals surface area contributed by atoms with Gasteiger partial charge in [0.1, 0.15) is 4.88 Å². The van der Waals surface area contributed by atoms with Crippen molar-refractivity contribution in [2.24, 2.45) is 0 Å². The molecule has 0 aliphatic rings. The molecular weight excluding hydrogens is 288 g/mol. The van der Waals surface area contributed by atoms with E-state index in [-0.39, 0.29) is 10.6 Å². The summed E-state index contributed by atoms with van der Waals surface area (Å²) < 4.78 is 33.4. The Morgan fingerprint density at radius 2 is 1.95 bits per heavy atom. The second kappa shape index (κ2) is 5.48. The highest BCUT2D eigenvalue weighted by atomic mass is 32.2. The average molecular weight is 306 g/mol. The summed E-state index contributed by atoms with van der Waals surface area (Å²) in [6.45, 7) is 6.91. The van der Waals surface area contributed by atoms with Crippen LogP contribution in [0.15, 0.2) is 5.38 Å². The van der Waals surface area contributed by atoms with Gasteiger partial charge in [0.25, 0.3) is 10.2 Å². The summed E-state index contributed by atoms with van der Waals surface area (Å²) in [7, 11) is -2.50. The summed E-state index contributed by atoms with van der Waals surface area (Å²) >= 11 is 1.14. The van der Waals surface area contributed by atoms with Gasteiger partial charge in [-0.25, -0.2) is 4.79 Å². The van der Waals surface area contributed by atoms with Crippen molar-refractivity contribution in [3.63, 3.8) is 0 Å². The van der Waals surface area contributed by atoms with E-state index in [1.54, 1.807) is 33.1 Å². The fraction of sp³-hybridized carbons (Fsp3) is 0.545. The van der Waals surface area contributed by atoms with Gasteiger partial charge in [-0.05, 0) is 38.6 Å². The molecule has 0 fully saturated rings. The minimum absolute atomic E-state index is 0.235. The molecule has 6 nitrogen and oxygen atoms in total. The van der Waals surface area contributed by atoms with E-state index in [0.29, 0.717) is 5.56 Å². The third-order valence-electron chi connectivity index (χ3n) is 2.02. The van der Waals surface area contributed by atoms with Crippen LogP contribution < -0.4 is 9.44 Å². The first-order valence-electron chi connectivity index (χ1n) is 5.54. The molecule has 0 aliphatic heterocycles. The lowest BCUT2D eigenvalue weighted by molar-refractivity contribution is 0.0607. The van der Waals surface area contributed by atoms with Crippen LogP contribution in [-0.2, 0) is 14.9 Å². The maximum atomic E-state index is 12.0. The highest BCUT2D eigenvalue weighted by molar-refractivity contribution is 7.90. The quantitative estimate of drug-likeness (QED) is 0.832. The number of hydrogen-bond acceptors (Lipinski definition) is 5. The standard InChI is InChI=1S/C11H18N2O4S2/c1-7-6-18-9(10(14)17-5)8(7)12-19(15,16)13-11(2,3)4/h6,12-13H,1-5H3. The number of esters is 1. The number of anilines is 1. The van der Waals surface area contributed by atoms with Crippen molar-refractivity contribution in [1.29, 1.82) is 0 Å². The van der Waals surface area contributed by atoms with Crippen molar-refractivity contribution in [2.45, 2.75) is 33.2 Å². The van der Waals surface area contributed by atoms with E-state index in [1.165, 1.54) is 7.11 Å². The fourth-order valence-corrected chi connectivity index (χ4v) is 3.75. The van der Waals surface area contributed by atoms with E-state index in [4.69, 9.17) is 0 Å². The Morgan fingerprint density at radius 3 is 2.42 bits per heavy atom. The van der Waals surface area contributed by atoms with E-state index in [2.05, 4.69) is 14.2 Å². The summed E-state index contributed by atoms with van der Waals surface area (Å²) in [5.41, 5.74) is 0.319. The Morgan fingerprint density at radius 1 is 1.37 bits per heavy atom. The number of aryl methyl sites for hydroxylation is 1. The Labute approximate surface area is 117 Å². The number of rotatable bonds is 4. The number of thiophene rings is 1. The predicted molar refractivity (Wildman–Crippen MR) is 75.8 cm³/mol. The molecule has 0 spiro atoms. The van der Waals surface area contributed by atoms with Gasteiger partial charge in [-0.1, -0.05) is 0 Å². The minimum Gasteiger partial charge on any atom is -0.465 e. The van der Waals surface area contributed by atoms with E-state index >= 15 is 0 Å². The lowest BCUT2D eigenvalue weighted by Gasteiger charge is -2.21. The zero-order chi connectivity index (χ0) is 14.8. The molecule has 0 radical (unpaired) electrons. The zero-order valence-electron chi connectivity index (χ0n) is 11.5. The van der Waals surface area contributed by atoms with Crippen molar-refractivity contribution in [3.05, 3.63) is 15.8 Å². The number of ether oxygens (including phenoxy) is 1. The largest absolute Gasteiger partial charge is 0.465 e. The molecule has 1 aromatic rings. The van der Waals surface area contributed by atoms with Gasteiger partial charge in [0.05, 0.1) is 12.8 Å². The molecule has 0 saturated carbocycles. The summed E-state index contributed by atoms with van der Waals surface area (Å²) in [5.74, 6) is -0.563. The topological polar surface area (TPSA) is 84.5 Å². The second-order valence-corrected chi connectivity index (χ2v) is 7.37. The first-order valence-corrected chi connectivity index (χ1v) is 7.90. The molecule has 0 unspecified atom stereocenters. The Balaban J connectivity index is 3.06. The number of nitrogens with one attached hydrogen (secondary N) is 2. The molecule has 19 heavy (non-hydrogen) atoms. The van der Waals surface area contributed by atoms with Crippen LogP contribution in [0.4, 0.5) is 5.69 Å². The summed E-state index contributed by atoms with van der Waals surface area (Å²) in [5, 5.41) is 1.70.